The molecule has 0 heterocycles. The molecule has 0 bridgehead atoms. The Hall–Kier alpha value is -0.540. The number of nitrogens with two attached hydrogens (primary N) is 1. The molecule has 60 valence electrons. The highest BCUT2D eigenvalue weighted by atomic mass is 79.9. The van der Waals surface area contributed by atoms with Crippen LogP contribution in [0, 0.1) is 6.92 Å². The molecule has 1 aromatic rings. The van der Waals surface area contributed by atoms with Crippen molar-refractivity contribution < 1.29 is 0 Å². The van der Waals surface area contributed by atoms with E-state index in [0.717, 1.165) is 10.2 Å². The van der Waals surface area contributed by atoms with Crippen LogP contribution in [0.2, 0.25) is 0 Å². The summed E-state index contributed by atoms with van der Waals surface area (Å²) in [6.45, 7) is 2.52. The molecule has 2 nitrogen and oxygen atoms in total. The predicted molar refractivity (Wildman–Crippen MR) is 51.6 cm³/mol. The molecule has 3 heteroatoms. The summed E-state index contributed by atoms with van der Waals surface area (Å²) in [5.74, 6) is 0. The van der Waals surface area contributed by atoms with Gasteiger partial charge in [-0.05, 0) is 30.7 Å². The molecule has 0 unspecified atom stereocenters. The van der Waals surface area contributed by atoms with Gasteiger partial charge in [0, 0.05) is 10.2 Å². The lowest BCUT2D eigenvalue weighted by Gasteiger charge is -2.06. The molecular weight excluding hydrogens is 204 g/mol. The van der Waals surface area contributed by atoms with Crippen LogP contribution in [0.5, 0.6) is 0 Å². The van der Waals surface area contributed by atoms with Crippen molar-refractivity contribution in [2.24, 2.45) is 5.73 Å². The van der Waals surface area contributed by atoms with E-state index in [0.29, 0.717) is 6.67 Å². The Kier molecular flexibility index (Phi) is 2.91. The van der Waals surface area contributed by atoms with E-state index in [1.165, 1.54) is 5.56 Å². The van der Waals surface area contributed by atoms with E-state index in [1.54, 1.807) is 0 Å². The third kappa shape index (κ3) is 2.20. The molecule has 0 radical (unpaired) electrons. The predicted octanol–water partition coefficient (Wildman–Crippen LogP) is 2.09. The molecule has 0 saturated carbocycles. The fourth-order valence-electron chi connectivity index (χ4n) is 0.935. The minimum Gasteiger partial charge on any atom is -0.372 e. The van der Waals surface area contributed by atoms with Crippen molar-refractivity contribution in [3.63, 3.8) is 0 Å². The second-order valence-electron chi connectivity index (χ2n) is 2.34. The van der Waals surface area contributed by atoms with Crippen molar-refractivity contribution in [2.45, 2.75) is 6.92 Å². The maximum absolute atomic E-state index is 5.34. The lowest BCUT2D eigenvalue weighted by molar-refractivity contribution is 1.13. The maximum Gasteiger partial charge on any atom is 0.0628 e. The Bertz CT molecular complexity index is 248. The van der Waals surface area contributed by atoms with Crippen LogP contribution >= 0.6 is 15.9 Å². The zero-order chi connectivity index (χ0) is 8.27. The number of benzene rings is 1. The summed E-state index contributed by atoms with van der Waals surface area (Å²) in [6, 6.07) is 6.05. The van der Waals surface area contributed by atoms with Crippen molar-refractivity contribution >= 4 is 21.6 Å². The molecule has 0 spiro atoms. The lowest BCUT2D eigenvalue weighted by atomic mass is 10.2. The van der Waals surface area contributed by atoms with Gasteiger partial charge in [-0.1, -0.05) is 15.9 Å². The van der Waals surface area contributed by atoms with E-state index in [1.807, 2.05) is 19.1 Å². The molecular formula is C8H11BrN2. The molecule has 0 atom stereocenters. The first-order valence-corrected chi connectivity index (χ1v) is 4.23. The average Bonchev–Trinajstić information content (AvgIpc) is 1.95. The number of rotatable bonds is 2. The van der Waals surface area contributed by atoms with Crippen molar-refractivity contribution in [2.75, 3.05) is 12.0 Å². The topological polar surface area (TPSA) is 38.0 Å². The molecule has 3 N–H and O–H groups in total. The van der Waals surface area contributed by atoms with Gasteiger partial charge in [0.1, 0.15) is 0 Å². The van der Waals surface area contributed by atoms with Gasteiger partial charge in [-0.3, -0.25) is 0 Å². The van der Waals surface area contributed by atoms with E-state index in [4.69, 9.17) is 5.73 Å². The first-order valence-electron chi connectivity index (χ1n) is 3.44. The van der Waals surface area contributed by atoms with E-state index >= 15 is 0 Å². The molecule has 0 amide bonds. The highest BCUT2D eigenvalue weighted by Gasteiger charge is 1.95. The first-order chi connectivity index (χ1) is 5.24. The molecule has 11 heavy (non-hydrogen) atoms. The maximum atomic E-state index is 5.34. The second kappa shape index (κ2) is 3.74. The van der Waals surface area contributed by atoms with Gasteiger partial charge in [-0.15, -0.1) is 0 Å². The lowest BCUT2D eigenvalue weighted by Crippen LogP contribution is -2.11. The third-order valence-corrected chi connectivity index (χ3v) is 1.97. The van der Waals surface area contributed by atoms with Gasteiger partial charge in [0.15, 0.2) is 0 Å². The van der Waals surface area contributed by atoms with Crippen LogP contribution < -0.4 is 11.1 Å². The van der Waals surface area contributed by atoms with Crippen LogP contribution in [0.4, 0.5) is 5.69 Å². The number of aryl methyl sites for hydroxylation is 1. The highest BCUT2D eigenvalue weighted by Crippen LogP contribution is 2.19. The summed E-state index contributed by atoms with van der Waals surface area (Å²) in [4.78, 5) is 0. The van der Waals surface area contributed by atoms with Gasteiger partial charge in [-0.2, -0.15) is 0 Å². The summed E-state index contributed by atoms with van der Waals surface area (Å²) in [7, 11) is 0. The summed E-state index contributed by atoms with van der Waals surface area (Å²) < 4.78 is 1.09. The van der Waals surface area contributed by atoms with Crippen molar-refractivity contribution in [3.8, 4) is 0 Å². The quantitative estimate of drug-likeness (QED) is 0.741. The SMILES string of the molecule is Cc1cc(Br)ccc1NCN. The molecule has 0 saturated heterocycles. The van der Waals surface area contributed by atoms with Crippen LogP contribution in [0.3, 0.4) is 0 Å². The van der Waals surface area contributed by atoms with Crippen LogP contribution in [0.25, 0.3) is 0 Å². The third-order valence-electron chi connectivity index (χ3n) is 1.48. The summed E-state index contributed by atoms with van der Waals surface area (Å²) >= 11 is 3.39. The number of hydrogen-bond donors (Lipinski definition) is 2. The van der Waals surface area contributed by atoms with Crippen LogP contribution in [0.15, 0.2) is 22.7 Å². The smallest absolute Gasteiger partial charge is 0.0628 e. The standard InChI is InChI=1S/C8H11BrN2/c1-6-4-7(9)2-3-8(6)11-5-10/h2-4,11H,5,10H2,1H3. The minimum absolute atomic E-state index is 0.475. The number of anilines is 1. The molecule has 0 aromatic heterocycles. The molecule has 1 rings (SSSR count). The van der Waals surface area contributed by atoms with Crippen molar-refractivity contribution in [1.29, 1.82) is 0 Å². The largest absolute Gasteiger partial charge is 0.372 e. The Morgan fingerprint density at radius 3 is 2.82 bits per heavy atom. The summed E-state index contributed by atoms with van der Waals surface area (Å²) in [6.07, 6.45) is 0. The van der Waals surface area contributed by atoms with Crippen LogP contribution in [-0.4, -0.2) is 6.67 Å². The Morgan fingerprint density at radius 1 is 1.55 bits per heavy atom. The first kappa shape index (κ1) is 8.56. The van der Waals surface area contributed by atoms with Gasteiger partial charge in [0.2, 0.25) is 0 Å². The number of halogens is 1. The van der Waals surface area contributed by atoms with Crippen molar-refractivity contribution in [3.05, 3.63) is 28.2 Å². The number of hydrogen-bond acceptors (Lipinski definition) is 2. The van der Waals surface area contributed by atoms with Gasteiger partial charge in [0.05, 0.1) is 6.67 Å². The van der Waals surface area contributed by atoms with E-state index in [-0.39, 0.29) is 0 Å². The van der Waals surface area contributed by atoms with Crippen molar-refractivity contribution in [1.82, 2.24) is 0 Å². The normalized spacial score (nSPS) is 9.73. The Labute approximate surface area is 74.9 Å². The van der Waals surface area contributed by atoms with E-state index < -0.39 is 0 Å². The molecule has 0 aliphatic heterocycles. The zero-order valence-corrected chi connectivity index (χ0v) is 7.98. The van der Waals surface area contributed by atoms with Gasteiger partial charge in [0.25, 0.3) is 0 Å². The fourth-order valence-corrected chi connectivity index (χ4v) is 1.41. The monoisotopic (exact) mass is 214 g/mol. The Morgan fingerprint density at radius 2 is 2.27 bits per heavy atom. The fraction of sp³-hybridized carbons (Fsp3) is 0.250. The van der Waals surface area contributed by atoms with E-state index in [2.05, 4.69) is 27.3 Å². The average molecular weight is 215 g/mol. The van der Waals surface area contributed by atoms with E-state index in [9.17, 15) is 0 Å². The molecule has 0 fully saturated rings. The van der Waals surface area contributed by atoms with Gasteiger partial charge < -0.3 is 11.1 Å². The van der Waals surface area contributed by atoms with Gasteiger partial charge >= 0.3 is 0 Å². The minimum atomic E-state index is 0.475. The number of nitrogens with one attached hydrogen (secondary N) is 1. The molecule has 0 aliphatic carbocycles. The van der Waals surface area contributed by atoms with Crippen LogP contribution in [-0.2, 0) is 0 Å². The highest BCUT2D eigenvalue weighted by molar-refractivity contribution is 9.10. The molecule has 1 aromatic carbocycles. The zero-order valence-electron chi connectivity index (χ0n) is 6.39. The Balaban J connectivity index is 2.90. The van der Waals surface area contributed by atoms with Gasteiger partial charge in [-0.25, -0.2) is 0 Å². The summed E-state index contributed by atoms with van der Waals surface area (Å²) in [5.41, 5.74) is 7.64. The molecule has 0 aliphatic rings. The summed E-state index contributed by atoms with van der Waals surface area (Å²) in [5, 5.41) is 3.06. The van der Waals surface area contributed by atoms with Crippen LogP contribution in [0.1, 0.15) is 5.56 Å². The second-order valence-corrected chi connectivity index (χ2v) is 3.26.